The Morgan fingerprint density at radius 2 is 1.83 bits per heavy atom. The molecule has 1 heterocycles. The fourth-order valence-electron chi connectivity index (χ4n) is 1.61. The lowest BCUT2D eigenvalue weighted by molar-refractivity contribution is -0.137. The van der Waals surface area contributed by atoms with Crippen molar-refractivity contribution in [1.82, 2.24) is 9.97 Å². The normalized spacial score (nSPS) is 11.6. The molecule has 0 amide bonds. The second-order valence-corrected chi connectivity index (χ2v) is 4.57. The molecule has 0 N–H and O–H groups in total. The number of hydrogen-bond acceptors (Lipinski definition) is 2. The Morgan fingerprint density at radius 1 is 1.11 bits per heavy atom. The third-order valence-electron chi connectivity index (χ3n) is 2.46. The van der Waals surface area contributed by atoms with Crippen molar-refractivity contribution in [2.75, 3.05) is 0 Å². The summed E-state index contributed by atoms with van der Waals surface area (Å²) in [5, 5.41) is 0. The molecule has 0 saturated heterocycles. The van der Waals surface area contributed by atoms with Crippen LogP contribution in [0.15, 0.2) is 35.2 Å². The van der Waals surface area contributed by atoms with E-state index in [1.807, 2.05) is 0 Å². The summed E-state index contributed by atoms with van der Waals surface area (Å²) in [6, 6.07) is 5.26. The van der Waals surface area contributed by atoms with Crippen molar-refractivity contribution in [1.29, 1.82) is 0 Å². The van der Waals surface area contributed by atoms with Crippen LogP contribution in [0.2, 0.25) is 0 Å². The van der Waals surface area contributed by atoms with E-state index in [9.17, 15) is 13.2 Å². The molecule has 1 aromatic carbocycles. The molecule has 0 spiro atoms. The second kappa shape index (κ2) is 4.68. The summed E-state index contributed by atoms with van der Waals surface area (Å²) in [6.07, 6.45) is -2.97. The van der Waals surface area contributed by atoms with E-state index in [2.05, 4.69) is 25.9 Å². The molecule has 2 rings (SSSR count). The van der Waals surface area contributed by atoms with Gasteiger partial charge >= 0.3 is 6.18 Å². The van der Waals surface area contributed by atoms with Crippen LogP contribution in [0.1, 0.15) is 11.1 Å². The Morgan fingerprint density at radius 3 is 2.39 bits per heavy atom. The molecule has 2 nitrogen and oxygen atoms in total. The maximum Gasteiger partial charge on any atom is 0.416 e. The van der Waals surface area contributed by atoms with E-state index in [4.69, 9.17) is 0 Å². The first-order valence-corrected chi connectivity index (χ1v) is 5.83. The molecule has 6 heteroatoms. The van der Waals surface area contributed by atoms with Gasteiger partial charge in [-0.1, -0.05) is 6.07 Å². The molecule has 0 fully saturated rings. The number of halogens is 4. The Labute approximate surface area is 110 Å². The molecule has 0 aliphatic carbocycles. The van der Waals surface area contributed by atoms with Crippen LogP contribution in [0.4, 0.5) is 13.2 Å². The first kappa shape index (κ1) is 13.0. The molecule has 1 aromatic heterocycles. The van der Waals surface area contributed by atoms with Gasteiger partial charge in [-0.2, -0.15) is 13.2 Å². The van der Waals surface area contributed by atoms with Gasteiger partial charge in [0.15, 0.2) is 0 Å². The van der Waals surface area contributed by atoms with Gasteiger partial charge < -0.3 is 0 Å². The van der Waals surface area contributed by atoms with E-state index < -0.39 is 11.7 Å². The van der Waals surface area contributed by atoms with Crippen LogP contribution in [-0.4, -0.2) is 9.97 Å². The van der Waals surface area contributed by atoms with E-state index in [-0.39, 0.29) is 0 Å². The fourth-order valence-corrected chi connectivity index (χ4v) is 1.92. The van der Waals surface area contributed by atoms with Crippen molar-refractivity contribution in [2.45, 2.75) is 13.1 Å². The van der Waals surface area contributed by atoms with E-state index >= 15 is 0 Å². The molecule has 0 unspecified atom stereocenters. The van der Waals surface area contributed by atoms with Gasteiger partial charge in [-0.3, -0.25) is 0 Å². The lowest BCUT2D eigenvalue weighted by atomic mass is 10.0. The molecular formula is C12H8BrF3N2. The minimum Gasteiger partial charge on any atom is -0.236 e. The first-order valence-electron chi connectivity index (χ1n) is 5.03. The summed E-state index contributed by atoms with van der Waals surface area (Å²) >= 11 is 3.20. The van der Waals surface area contributed by atoms with E-state index in [0.29, 0.717) is 21.4 Å². The number of aryl methyl sites for hydroxylation is 1. The second-order valence-electron chi connectivity index (χ2n) is 3.75. The predicted octanol–water partition coefficient (Wildman–Crippen LogP) is 4.23. The van der Waals surface area contributed by atoms with Crippen molar-refractivity contribution < 1.29 is 13.2 Å². The van der Waals surface area contributed by atoms with Gasteiger partial charge in [-0.05, 0) is 46.6 Å². The molecule has 0 aliphatic heterocycles. The van der Waals surface area contributed by atoms with Crippen LogP contribution in [-0.2, 0) is 6.18 Å². The maximum absolute atomic E-state index is 12.5. The minimum absolute atomic E-state index is 0.524. The van der Waals surface area contributed by atoms with Crippen LogP contribution in [0.3, 0.4) is 0 Å². The van der Waals surface area contributed by atoms with Crippen molar-refractivity contribution in [3.8, 4) is 11.3 Å². The average molecular weight is 317 g/mol. The maximum atomic E-state index is 12.5. The van der Waals surface area contributed by atoms with Crippen LogP contribution >= 0.6 is 15.9 Å². The van der Waals surface area contributed by atoms with Gasteiger partial charge in [0, 0.05) is 5.56 Å². The van der Waals surface area contributed by atoms with Crippen LogP contribution < -0.4 is 0 Å². The van der Waals surface area contributed by atoms with Crippen LogP contribution in [0.5, 0.6) is 0 Å². The molecule has 0 aliphatic rings. The van der Waals surface area contributed by atoms with Crippen LogP contribution in [0, 0.1) is 6.92 Å². The number of alkyl halides is 3. The quantitative estimate of drug-likeness (QED) is 0.736. The summed E-state index contributed by atoms with van der Waals surface area (Å²) in [6.45, 7) is 1.63. The lowest BCUT2D eigenvalue weighted by Gasteiger charge is -2.10. The Kier molecular flexibility index (Phi) is 3.38. The van der Waals surface area contributed by atoms with Gasteiger partial charge in [0.25, 0.3) is 0 Å². The van der Waals surface area contributed by atoms with Gasteiger partial charge in [-0.15, -0.1) is 0 Å². The summed E-state index contributed by atoms with van der Waals surface area (Å²) in [4.78, 5) is 7.92. The zero-order valence-electron chi connectivity index (χ0n) is 9.29. The third kappa shape index (κ3) is 2.69. The molecule has 2 aromatic rings. The monoisotopic (exact) mass is 316 g/mol. The Balaban J connectivity index is 2.48. The van der Waals surface area contributed by atoms with Gasteiger partial charge in [0.2, 0.25) is 0 Å². The highest BCUT2D eigenvalue weighted by Gasteiger charge is 2.30. The zero-order valence-corrected chi connectivity index (χ0v) is 10.9. The molecule has 0 atom stereocenters. The van der Waals surface area contributed by atoms with Gasteiger partial charge in [-0.25, -0.2) is 9.97 Å². The van der Waals surface area contributed by atoms with Crippen molar-refractivity contribution in [2.24, 2.45) is 0 Å². The number of rotatable bonds is 1. The smallest absolute Gasteiger partial charge is 0.236 e. The largest absolute Gasteiger partial charge is 0.416 e. The van der Waals surface area contributed by atoms with Crippen molar-refractivity contribution >= 4 is 15.9 Å². The lowest BCUT2D eigenvalue weighted by Crippen LogP contribution is -2.05. The number of hydrogen-bond donors (Lipinski definition) is 0. The first-order chi connectivity index (χ1) is 8.38. The van der Waals surface area contributed by atoms with Crippen LogP contribution in [0.25, 0.3) is 11.3 Å². The average Bonchev–Trinajstić information content (AvgIpc) is 2.27. The topological polar surface area (TPSA) is 25.8 Å². The van der Waals surface area contributed by atoms with Crippen molar-refractivity contribution in [3.63, 3.8) is 0 Å². The highest BCUT2D eigenvalue weighted by Crippen LogP contribution is 2.32. The Bertz CT molecular complexity index is 582. The molecule has 0 bridgehead atoms. The van der Waals surface area contributed by atoms with E-state index in [0.717, 1.165) is 12.1 Å². The molecule has 94 valence electrons. The number of benzene rings is 1. The molecule has 0 radical (unpaired) electrons. The fraction of sp³-hybridized carbons (Fsp3) is 0.167. The number of aromatic nitrogens is 2. The van der Waals surface area contributed by atoms with Gasteiger partial charge in [0.05, 0.1) is 11.3 Å². The van der Waals surface area contributed by atoms with E-state index in [1.165, 1.54) is 12.4 Å². The predicted molar refractivity (Wildman–Crippen MR) is 64.9 cm³/mol. The van der Waals surface area contributed by atoms with Gasteiger partial charge in [0.1, 0.15) is 10.9 Å². The summed E-state index contributed by atoms with van der Waals surface area (Å²) < 4.78 is 38.2. The Hall–Kier alpha value is -1.43. The molecule has 18 heavy (non-hydrogen) atoms. The number of nitrogens with zero attached hydrogens (tertiary/aromatic N) is 2. The van der Waals surface area contributed by atoms with E-state index in [1.54, 1.807) is 13.0 Å². The zero-order chi connectivity index (χ0) is 13.3. The molecular weight excluding hydrogens is 309 g/mol. The summed E-state index contributed by atoms with van der Waals surface area (Å²) in [7, 11) is 0. The summed E-state index contributed by atoms with van der Waals surface area (Å²) in [5.74, 6) is 0. The highest BCUT2D eigenvalue weighted by atomic mass is 79.9. The standard InChI is InChI=1S/C12H8BrF3N2/c1-7-4-8(12(14,15)16)2-3-9(7)10-5-11(13)18-6-17-10/h2-6H,1H3. The van der Waals surface area contributed by atoms with Crippen molar-refractivity contribution in [3.05, 3.63) is 46.3 Å². The highest BCUT2D eigenvalue weighted by molar-refractivity contribution is 9.10. The summed E-state index contributed by atoms with van der Waals surface area (Å²) in [5.41, 5.74) is 1.11. The minimum atomic E-state index is -4.32. The molecule has 0 saturated carbocycles. The third-order valence-corrected chi connectivity index (χ3v) is 2.90. The SMILES string of the molecule is Cc1cc(C(F)(F)F)ccc1-c1cc(Br)ncn1.